The maximum atomic E-state index is 12.0. The smallest absolute Gasteiger partial charge is 0.331 e. The van der Waals surface area contributed by atoms with Crippen LogP contribution >= 0.6 is 11.3 Å². The van der Waals surface area contributed by atoms with Crippen molar-refractivity contribution in [3.8, 4) is 0 Å². The standard InChI is InChI=1S/C19H20N2O4S/c1-14-3-6-16(7-4-14)20-17(22)11-21(2)18(23)12-25-19(24)8-5-15-9-10-26-13-15/h3-10,13H,11-12H2,1-2H3,(H,20,22)/b8-5+. The van der Waals surface area contributed by atoms with Crippen molar-refractivity contribution in [2.75, 3.05) is 25.5 Å². The van der Waals surface area contributed by atoms with Crippen molar-refractivity contribution in [1.29, 1.82) is 0 Å². The minimum atomic E-state index is -0.609. The van der Waals surface area contributed by atoms with Gasteiger partial charge in [-0.1, -0.05) is 17.7 Å². The molecule has 0 unspecified atom stereocenters. The number of esters is 1. The normalized spacial score (nSPS) is 10.5. The highest BCUT2D eigenvalue weighted by molar-refractivity contribution is 7.08. The molecule has 1 aromatic heterocycles. The summed E-state index contributed by atoms with van der Waals surface area (Å²) in [5.74, 6) is -1.39. The average molecular weight is 372 g/mol. The third-order valence-electron chi connectivity index (χ3n) is 3.43. The maximum absolute atomic E-state index is 12.0. The van der Waals surface area contributed by atoms with Crippen molar-refractivity contribution in [3.05, 3.63) is 58.3 Å². The third kappa shape index (κ3) is 6.52. The Kier molecular flexibility index (Phi) is 7.11. The van der Waals surface area contributed by atoms with Crippen molar-refractivity contribution < 1.29 is 19.1 Å². The lowest BCUT2D eigenvalue weighted by Crippen LogP contribution is -2.37. The van der Waals surface area contributed by atoms with E-state index in [-0.39, 0.29) is 12.5 Å². The molecule has 0 radical (unpaired) electrons. The van der Waals surface area contributed by atoms with Gasteiger partial charge in [0.05, 0.1) is 6.54 Å². The van der Waals surface area contributed by atoms with E-state index in [1.165, 1.54) is 29.4 Å². The Bertz CT molecular complexity index is 782. The topological polar surface area (TPSA) is 75.7 Å². The van der Waals surface area contributed by atoms with Gasteiger partial charge in [-0.3, -0.25) is 9.59 Å². The average Bonchev–Trinajstić information content (AvgIpc) is 3.13. The fourth-order valence-electron chi connectivity index (χ4n) is 1.97. The second-order valence-electron chi connectivity index (χ2n) is 5.66. The first-order chi connectivity index (χ1) is 12.4. The predicted molar refractivity (Wildman–Crippen MR) is 102 cm³/mol. The van der Waals surface area contributed by atoms with Crippen LogP contribution < -0.4 is 5.32 Å². The van der Waals surface area contributed by atoms with Gasteiger partial charge in [-0.25, -0.2) is 4.79 Å². The fraction of sp³-hybridized carbons (Fsp3) is 0.211. The Balaban J connectivity index is 1.73. The van der Waals surface area contributed by atoms with Crippen molar-refractivity contribution >= 4 is 40.9 Å². The summed E-state index contributed by atoms with van der Waals surface area (Å²) in [5, 5.41) is 6.48. The minimum Gasteiger partial charge on any atom is -0.452 e. The van der Waals surface area contributed by atoms with Crippen LogP contribution in [0.15, 0.2) is 47.2 Å². The molecule has 26 heavy (non-hydrogen) atoms. The Hall–Kier alpha value is -2.93. The van der Waals surface area contributed by atoms with E-state index in [1.807, 2.05) is 35.9 Å². The molecular weight excluding hydrogens is 352 g/mol. The first-order valence-corrected chi connectivity index (χ1v) is 8.86. The summed E-state index contributed by atoms with van der Waals surface area (Å²) >= 11 is 1.52. The van der Waals surface area contributed by atoms with Gasteiger partial charge in [0.15, 0.2) is 6.61 Å². The number of hydrogen-bond donors (Lipinski definition) is 1. The highest BCUT2D eigenvalue weighted by Crippen LogP contribution is 2.09. The number of ether oxygens (including phenoxy) is 1. The summed E-state index contributed by atoms with van der Waals surface area (Å²) in [6.07, 6.45) is 2.88. The zero-order valence-electron chi connectivity index (χ0n) is 14.6. The second kappa shape index (κ2) is 9.53. The number of nitrogens with one attached hydrogen (secondary N) is 1. The second-order valence-corrected chi connectivity index (χ2v) is 6.44. The number of carbonyl (C=O) groups is 3. The molecule has 0 aliphatic carbocycles. The molecule has 2 rings (SSSR count). The van der Waals surface area contributed by atoms with Crippen molar-refractivity contribution in [2.45, 2.75) is 6.92 Å². The van der Waals surface area contributed by atoms with Gasteiger partial charge in [0.2, 0.25) is 5.91 Å². The van der Waals surface area contributed by atoms with Crippen LogP contribution in [-0.2, 0) is 19.1 Å². The van der Waals surface area contributed by atoms with Gasteiger partial charge in [0.1, 0.15) is 0 Å². The van der Waals surface area contributed by atoms with Gasteiger partial charge in [-0.2, -0.15) is 11.3 Å². The van der Waals surface area contributed by atoms with Crippen LogP contribution in [0.3, 0.4) is 0 Å². The summed E-state index contributed by atoms with van der Waals surface area (Å²) in [6.45, 7) is 1.41. The first-order valence-electron chi connectivity index (χ1n) is 7.91. The minimum absolute atomic E-state index is 0.130. The zero-order chi connectivity index (χ0) is 18.9. The summed E-state index contributed by atoms with van der Waals surface area (Å²) in [4.78, 5) is 36.7. The Morgan fingerprint density at radius 3 is 2.58 bits per heavy atom. The van der Waals surface area contributed by atoms with Crippen LogP contribution in [0.25, 0.3) is 6.08 Å². The number of anilines is 1. The molecular formula is C19H20N2O4S. The van der Waals surface area contributed by atoms with Crippen molar-refractivity contribution in [3.63, 3.8) is 0 Å². The number of nitrogens with zero attached hydrogens (tertiary/aromatic N) is 1. The molecule has 1 N–H and O–H groups in total. The van der Waals surface area contributed by atoms with Gasteiger partial charge < -0.3 is 15.0 Å². The van der Waals surface area contributed by atoms with Gasteiger partial charge in [0.25, 0.3) is 5.91 Å². The molecule has 0 fully saturated rings. The number of aryl methyl sites for hydroxylation is 1. The van der Waals surface area contributed by atoms with Crippen molar-refractivity contribution in [1.82, 2.24) is 4.90 Å². The lowest BCUT2D eigenvalue weighted by atomic mass is 10.2. The Morgan fingerprint density at radius 1 is 1.19 bits per heavy atom. The summed E-state index contributed by atoms with van der Waals surface area (Å²) < 4.78 is 4.89. The Labute approximate surface area is 156 Å². The molecule has 7 heteroatoms. The highest BCUT2D eigenvalue weighted by Gasteiger charge is 2.14. The first kappa shape index (κ1) is 19.4. The van der Waals surface area contributed by atoms with Crippen LogP contribution in [0.4, 0.5) is 5.69 Å². The molecule has 0 bridgehead atoms. The predicted octanol–water partition coefficient (Wildman–Crippen LogP) is 2.71. The largest absolute Gasteiger partial charge is 0.452 e. The third-order valence-corrected chi connectivity index (χ3v) is 4.14. The molecule has 0 spiro atoms. The number of thiophene rings is 1. The molecule has 0 aliphatic heterocycles. The van der Waals surface area contributed by atoms with Crippen LogP contribution in [-0.4, -0.2) is 42.9 Å². The maximum Gasteiger partial charge on any atom is 0.331 e. The van der Waals surface area contributed by atoms with Crippen LogP contribution in [0, 0.1) is 6.92 Å². The van der Waals surface area contributed by atoms with E-state index in [2.05, 4.69) is 5.32 Å². The molecule has 136 valence electrons. The number of rotatable bonds is 7. The van der Waals surface area contributed by atoms with Crippen LogP contribution in [0.2, 0.25) is 0 Å². The van der Waals surface area contributed by atoms with E-state index in [1.54, 1.807) is 18.2 Å². The van der Waals surface area contributed by atoms with E-state index in [4.69, 9.17) is 4.74 Å². The quantitative estimate of drug-likeness (QED) is 0.599. The van der Waals surface area contributed by atoms with E-state index in [0.29, 0.717) is 5.69 Å². The lowest BCUT2D eigenvalue weighted by molar-refractivity contribution is -0.148. The molecule has 6 nitrogen and oxygen atoms in total. The summed E-state index contributed by atoms with van der Waals surface area (Å²) in [7, 11) is 1.48. The molecule has 1 aromatic carbocycles. The van der Waals surface area contributed by atoms with Gasteiger partial charge in [-0.15, -0.1) is 0 Å². The summed E-state index contributed by atoms with van der Waals surface area (Å²) in [6, 6.07) is 9.20. The SMILES string of the molecule is Cc1ccc(NC(=O)CN(C)C(=O)COC(=O)/C=C/c2ccsc2)cc1. The fourth-order valence-corrected chi connectivity index (χ4v) is 2.59. The van der Waals surface area contributed by atoms with Gasteiger partial charge >= 0.3 is 5.97 Å². The van der Waals surface area contributed by atoms with Crippen LogP contribution in [0.1, 0.15) is 11.1 Å². The van der Waals surface area contributed by atoms with E-state index >= 15 is 0 Å². The molecule has 0 saturated heterocycles. The zero-order valence-corrected chi connectivity index (χ0v) is 15.4. The molecule has 2 aromatic rings. The molecule has 1 heterocycles. The van der Waals surface area contributed by atoms with E-state index in [9.17, 15) is 14.4 Å². The molecule has 2 amide bonds. The number of carbonyl (C=O) groups excluding carboxylic acids is 3. The molecule has 0 aliphatic rings. The van der Waals surface area contributed by atoms with E-state index < -0.39 is 18.5 Å². The van der Waals surface area contributed by atoms with E-state index in [0.717, 1.165) is 11.1 Å². The highest BCUT2D eigenvalue weighted by atomic mass is 32.1. The number of likely N-dealkylation sites (N-methyl/N-ethyl adjacent to an activating group) is 1. The lowest BCUT2D eigenvalue weighted by Gasteiger charge is -2.16. The Morgan fingerprint density at radius 2 is 1.92 bits per heavy atom. The van der Waals surface area contributed by atoms with Crippen LogP contribution in [0.5, 0.6) is 0 Å². The van der Waals surface area contributed by atoms with Crippen molar-refractivity contribution in [2.24, 2.45) is 0 Å². The number of hydrogen-bond acceptors (Lipinski definition) is 5. The van der Waals surface area contributed by atoms with Gasteiger partial charge in [-0.05, 0) is 47.5 Å². The van der Waals surface area contributed by atoms with Gasteiger partial charge in [0, 0.05) is 18.8 Å². The molecule has 0 saturated carbocycles. The number of amides is 2. The summed E-state index contributed by atoms with van der Waals surface area (Å²) in [5.41, 5.74) is 2.64. The monoisotopic (exact) mass is 372 g/mol. The number of benzene rings is 1. The molecule has 0 atom stereocenters.